The lowest BCUT2D eigenvalue weighted by Crippen LogP contribution is -2.25. The average molecular weight is 295 g/mol. The Kier molecular flexibility index (Phi) is 4.01. The maximum Gasteiger partial charge on any atom is 0.358 e. The lowest BCUT2D eigenvalue weighted by atomic mass is 9.73. The number of aromatic carboxylic acids is 1. The van der Waals surface area contributed by atoms with Crippen LogP contribution in [0.2, 0.25) is 0 Å². The number of H-pyrrole nitrogens is 1. The molecule has 0 aromatic carbocycles. The topological polar surface area (TPSA) is 78.9 Å². The quantitative estimate of drug-likeness (QED) is 0.891. The highest BCUT2D eigenvalue weighted by Gasteiger charge is 2.37. The van der Waals surface area contributed by atoms with Gasteiger partial charge in [0.15, 0.2) is 5.69 Å². The first kappa shape index (κ1) is 13.9. The van der Waals surface area contributed by atoms with Crippen molar-refractivity contribution in [1.29, 1.82) is 0 Å². The van der Waals surface area contributed by atoms with Gasteiger partial charge in [-0.25, -0.2) is 4.79 Å². The zero-order valence-electron chi connectivity index (χ0n) is 11.6. The minimum Gasteiger partial charge on any atom is -0.476 e. The van der Waals surface area contributed by atoms with Gasteiger partial charge in [-0.1, -0.05) is 12.8 Å². The fourth-order valence-corrected chi connectivity index (χ4v) is 4.88. The summed E-state index contributed by atoms with van der Waals surface area (Å²) in [5, 5.41) is 19.7. The molecule has 2 saturated carbocycles. The molecule has 0 bridgehead atoms. The van der Waals surface area contributed by atoms with Crippen LogP contribution < -0.4 is 0 Å². The standard InChI is InChI=1S/C14H21N3O2S/c18-13(19)12-11(15-17-16-12)9-20-10-3-7-14(8-4-10)5-1-2-6-14/h10H,1-9H2,(H,18,19)(H,15,16,17). The lowest BCUT2D eigenvalue weighted by molar-refractivity contribution is 0.0689. The van der Waals surface area contributed by atoms with Gasteiger partial charge in [0.25, 0.3) is 0 Å². The zero-order chi connectivity index (χ0) is 14.0. The van der Waals surface area contributed by atoms with Crippen molar-refractivity contribution in [3.63, 3.8) is 0 Å². The minimum atomic E-state index is -0.997. The van der Waals surface area contributed by atoms with Crippen LogP contribution >= 0.6 is 11.8 Å². The number of aromatic amines is 1. The van der Waals surface area contributed by atoms with E-state index in [0.717, 1.165) is 0 Å². The van der Waals surface area contributed by atoms with Gasteiger partial charge in [-0.2, -0.15) is 22.1 Å². The van der Waals surface area contributed by atoms with E-state index in [1.54, 1.807) is 0 Å². The number of nitrogens with zero attached hydrogens (tertiary/aromatic N) is 2. The fourth-order valence-electron chi connectivity index (χ4n) is 3.72. The van der Waals surface area contributed by atoms with Crippen LogP contribution in [0.25, 0.3) is 0 Å². The summed E-state index contributed by atoms with van der Waals surface area (Å²) in [5.74, 6) is -0.349. The summed E-state index contributed by atoms with van der Waals surface area (Å²) in [6, 6.07) is 0. The van der Waals surface area contributed by atoms with E-state index in [2.05, 4.69) is 15.4 Å². The fraction of sp³-hybridized carbons (Fsp3) is 0.786. The van der Waals surface area contributed by atoms with Crippen molar-refractivity contribution in [2.24, 2.45) is 5.41 Å². The molecular formula is C14H21N3O2S. The van der Waals surface area contributed by atoms with Crippen LogP contribution in [0.15, 0.2) is 0 Å². The van der Waals surface area contributed by atoms with Crippen molar-refractivity contribution in [3.05, 3.63) is 11.4 Å². The predicted molar refractivity (Wildman–Crippen MR) is 77.8 cm³/mol. The van der Waals surface area contributed by atoms with Gasteiger partial charge in [0.1, 0.15) is 5.69 Å². The van der Waals surface area contributed by atoms with E-state index in [1.807, 2.05) is 11.8 Å². The summed E-state index contributed by atoms with van der Waals surface area (Å²) in [5.41, 5.74) is 1.31. The highest BCUT2D eigenvalue weighted by molar-refractivity contribution is 7.99. The number of hydrogen-bond acceptors (Lipinski definition) is 4. The third-order valence-electron chi connectivity index (χ3n) is 4.94. The average Bonchev–Trinajstić information content (AvgIpc) is 3.08. The van der Waals surface area contributed by atoms with E-state index < -0.39 is 5.97 Å². The van der Waals surface area contributed by atoms with E-state index in [4.69, 9.17) is 5.11 Å². The Balaban J connectivity index is 1.50. The van der Waals surface area contributed by atoms with Gasteiger partial charge in [-0.15, -0.1) is 5.10 Å². The summed E-state index contributed by atoms with van der Waals surface area (Å²) < 4.78 is 0. The smallest absolute Gasteiger partial charge is 0.358 e. The third kappa shape index (κ3) is 2.85. The molecule has 0 unspecified atom stereocenters. The van der Waals surface area contributed by atoms with Crippen LogP contribution in [0.5, 0.6) is 0 Å². The van der Waals surface area contributed by atoms with Crippen molar-refractivity contribution in [2.75, 3.05) is 0 Å². The largest absolute Gasteiger partial charge is 0.476 e. The summed E-state index contributed by atoms with van der Waals surface area (Å²) in [7, 11) is 0. The molecule has 1 spiro atoms. The van der Waals surface area contributed by atoms with E-state index in [-0.39, 0.29) is 5.69 Å². The number of carboxylic acid groups (broad SMARTS) is 1. The van der Waals surface area contributed by atoms with Crippen LogP contribution in [0.1, 0.15) is 67.5 Å². The van der Waals surface area contributed by atoms with E-state index in [9.17, 15) is 4.79 Å². The van der Waals surface area contributed by atoms with Crippen molar-refractivity contribution in [2.45, 2.75) is 62.4 Å². The number of carboxylic acids is 1. The minimum absolute atomic E-state index is 0.0700. The molecule has 6 heteroatoms. The van der Waals surface area contributed by atoms with Crippen LogP contribution in [-0.4, -0.2) is 31.7 Å². The van der Waals surface area contributed by atoms with Crippen molar-refractivity contribution >= 4 is 17.7 Å². The Morgan fingerprint density at radius 2 is 1.95 bits per heavy atom. The molecule has 0 saturated heterocycles. The maximum atomic E-state index is 11.0. The Labute approximate surface area is 122 Å². The molecule has 2 fully saturated rings. The summed E-state index contributed by atoms with van der Waals surface area (Å²) in [6.07, 6.45) is 10.9. The molecule has 110 valence electrons. The summed E-state index contributed by atoms with van der Waals surface area (Å²) >= 11 is 1.84. The van der Waals surface area contributed by atoms with Crippen molar-refractivity contribution in [3.8, 4) is 0 Å². The monoisotopic (exact) mass is 295 g/mol. The van der Waals surface area contributed by atoms with Crippen molar-refractivity contribution in [1.82, 2.24) is 15.4 Å². The van der Waals surface area contributed by atoms with Gasteiger partial charge in [-0.3, -0.25) is 0 Å². The molecule has 0 radical (unpaired) electrons. The number of aromatic nitrogens is 3. The molecular weight excluding hydrogens is 274 g/mol. The van der Waals surface area contributed by atoms with Gasteiger partial charge in [-0.05, 0) is 43.9 Å². The van der Waals surface area contributed by atoms with Gasteiger partial charge in [0.2, 0.25) is 0 Å². The Morgan fingerprint density at radius 3 is 2.60 bits per heavy atom. The van der Waals surface area contributed by atoms with Gasteiger partial charge < -0.3 is 5.11 Å². The molecule has 0 amide bonds. The van der Waals surface area contributed by atoms with Gasteiger partial charge in [0.05, 0.1) is 0 Å². The number of carbonyl (C=O) groups is 1. The molecule has 2 aliphatic rings. The second kappa shape index (κ2) is 5.76. The highest BCUT2D eigenvalue weighted by atomic mass is 32.2. The second-order valence-corrected chi connectivity index (χ2v) is 7.43. The van der Waals surface area contributed by atoms with Crippen LogP contribution in [0.4, 0.5) is 0 Å². The Hall–Kier alpha value is -1.04. The van der Waals surface area contributed by atoms with Gasteiger partial charge in [0, 0.05) is 11.0 Å². The number of thioether (sulfide) groups is 1. The molecule has 0 aliphatic heterocycles. The molecule has 2 aliphatic carbocycles. The highest BCUT2D eigenvalue weighted by Crippen LogP contribution is 2.50. The van der Waals surface area contributed by atoms with Crippen LogP contribution in [0.3, 0.4) is 0 Å². The molecule has 20 heavy (non-hydrogen) atoms. The van der Waals surface area contributed by atoms with E-state index in [0.29, 0.717) is 22.1 Å². The number of nitrogens with one attached hydrogen (secondary N) is 1. The molecule has 1 aromatic rings. The second-order valence-electron chi connectivity index (χ2n) is 6.14. The normalized spacial score (nSPS) is 22.4. The molecule has 1 heterocycles. The molecule has 1 aromatic heterocycles. The van der Waals surface area contributed by atoms with E-state index in [1.165, 1.54) is 51.4 Å². The molecule has 5 nitrogen and oxygen atoms in total. The number of rotatable bonds is 4. The predicted octanol–water partition coefficient (Wildman–Crippen LogP) is 3.24. The molecule has 0 atom stereocenters. The molecule has 2 N–H and O–H groups in total. The summed E-state index contributed by atoms with van der Waals surface area (Å²) in [6.45, 7) is 0. The summed E-state index contributed by atoms with van der Waals surface area (Å²) in [4.78, 5) is 11.0. The third-order valence-corrected chi connectivity index (χ3v) is 6.32. The lowest BCUT2D eigenvalue weighted by Gasteiger charge is -2.37. The first-order valence-corrected chi connectivity index (χ1v) is 8.48. The maximum absolute atomic E-state index is 11.0. The SMILES string of the molecule is O=C(O)c1n[nH]nc1CSC1CCC2(CCCC2)CC1. The Morgan fingerprint density at radius 1 is 1.25 bits per heavy atom. The first-order chi connectivity index (χ1) is 9.69. The first-order valence-electron chi connectivity index (χ1n) is 7.43. The van der Waals surface area contributed by atoms with Crippen LogP contribution in [-0.2, 0) is 5.75 Å². The van der Waals surface area contributed by atoms with Gasteiger partial charge >= 0.3 is 5.97 Å². The van der Waals surface area contributed by atoms with E-state index >= 15 is 0 Å². The molecule has 3 rings (SSSR count). The zero-order valence-corrected chi connectivity index (χ0v) is 12.4. The number of hydrogen-bond donors (Lipinski definition) is 2. The Bertz CT molecular complexity index is 473. The van der Waals surface area contributed by atoms with Crippen molar-refractivity contribution < 1.29 is 9.90 Å². The van der Waals surface area contributed by atoms with Crippen LogP contribution in [0, 0.1) is 5.41 Å².